The number of carbonyl (C=O) groups excluding carboxylic acids is 1. The number of rotatable bonds is 6. The molecule has 0 spiro atoms. The minimum absolute atomic E-state index is 0.150. The molecule has 0 aliphatic carbocycles. The van der Waals surface area contributed by atoms with Gasteiger partial charge in [0.1, 0.15) is 5.75 Å². The molecule has 0 saturated heterocycles. The zero-order valence-electron chi connectivity index (χ0n) is 11.9. The lowest BCUT2D eigenvalue weighted by atomic mass is 10.3. The molecule has 0 radical (unpaired) electrons. The molecule has 0 fully saturated rings. The van der Waals surface area contributed by atoms with Crippen LogP contribution in [-0.2, 0) is 4.79 Å². The second kappa shape index (κ2) is 6.68. The fourth-order valence-electron chi connectivity index (χ4n) is 1.43. The number of hydrogen-bond donors (Lipinski definition) is 0. The van der Waals surface area contributed by atoms with E-state index in [1.165, 1.54) is 6.92 Å². The molecular weight excluding hydrogens is 246 g/mol. The van der Waals surface area contributed by atoms with Gasteiger partial charge in [-0.25, -0.2) is 0 Å². The maximum Gasteiger partial charge on any atom is 0.196 e. The van der Waals surface area contributed by atoms with Crippen molar-refractivity contribution in [3.8, 4) is 17.2 Å². The molecule has 104 valence electrons. The average molecular weight is 265 g/mol. The van der Waals surface area contributed by atoms with Crippen LogP contribution in [0.5, 0.6) is 17.2 Å². The fraction of sp³-hybridized carbons (Fsp3) is 0.357. The van der Waals surface area contributed by atoms with Crippen LogP contribution in [0.1, 0.15) is 6.92 Å². The van der Waals surface area contributed by atoms with Gasteiger partial charge in [0, 0.05) is 33.3 Å². The van der Waals surface area contributed by atoms with Gasteiger partial charge in [0.2, 0.25) is 0 Å². The van der Waals surface area contributed by atoms with Crippen molar-refractivity contribution in [3.63, 3.8) is 0 Å². The van der Waals surface area contributed by atoms with E-state index in [1.807, 2.05) is 14.1 Å². The van der Waals surface area contributed by atoms with E-state index in [0.717, 1.165) is 0 Å². The van der Waals surface area contributed by atoms with Crippen LogP contribution >= 0.6 is 0 Å². The Morgan fingerprint density at radius 3 is 2.26 bits per heavy atom. The Balaban J connectivity index is 3.01. The summed E-state index contributed by atoms with van der Waals surface area (Å²) in [4.78, 5) is 13.2. The van der Waals surface area contributed by atoms with E-state index in [1.54, 1.807) is 43.5 Å². The van der Waals surface area contributed by atoms with E-state index < -0.39 is 0 Å². The van der Waals surface area contributed by atoms with Crippen LogP contribution in [0, 0.1) is 0 Å². The summed E-state index contributed by atoms with van der Waals surface area (Å²) in [6.07, 6.45) is 1.62. The van der Waals surface area contributed by atoms with Crippen molar-refractivity contribution in [1.29, 1.82) is 0 Å². The third kappa shape index (κ3) is 4.21. The number of Topliss-reactive ketones (excluding diaryl/α,β-unsaturated/α-hetero) is 1. The summed E-state index contributed by atoms with van der Waals surface area (Å²) in [6, 6.07) is 5.11. The van der Waals surface area contributed by atoms with E-state index in [-0.39, 0.29) is 11.5 Å². The van der Waals surface area contributed by atoms with Crippen molar-refractivity contribution in [2.45, 2.75) is 6.92 Å². The maximum absolute atomic E-state index is 11.5. The Kier molecular flexibility index (Phi) is 5.23. The molecule has 0 aliphatic heterocycles. The fourth-order valence-corrected chi connectivity index (χ4v) is 1.43. The van der Waals surface area contributed by atoms with Crippen LogP contribution in [0.3, 0.4) is 0 Å². The molecule has 0 bridgehead atoms. The largest absolute Gasteiger partial charge is 0.493 e. The topological polar surface area (TPSA) is 48.0 Å². The average Bonchev–Trinajstić information content (AvgIpc) is 2.37. The Hall–Kier alpha value is -2.17. The molecule has 0 amide bonds. The van der Waals surface area contributed by atoms with Crippen molar-refractivity contribution < 1.29 is 19.0 Å². The summed E-state index contributed by atoms with van der Waals surface area (Å²) in [5, 5.41) is 0. The molecule has 5 heteroatoms. The molecule has 0 atom stereocenters. The molecule has 5 nitrogen and oxygen atoms in total. The van der Waals surface area contributed by atoms with Crippen LogP contribution in [0.15, 0.2) is 30.2 Å². The summed E-state index contributed by atoms with van der Waals surface area (Å²) in [5.74, 6) is 1.78. The summed E-state index contributed by atoms with van der Waals surface area (Å²) < 4.78 is 15.9. The molecular formula is C14H19NO4. The minimum atomic E-state index is -0.150. The normalized spacial score (nSPS) is 10.9. The third-order valence-corrected chi connectivity index (χ3v) is 2.31. The van der Waals surface area contributed by atoms with Crippen LogP contribution in [0.25, 0.3) is 0 Å². The number of methoxy groups -OCH3 is 2. The van der Waals surface area contributed by atoms with E-state index in [2.05, 4.69) is 0 Å². The molecule has 1 aromatic rings. The molecule has 0 unspecified atom stereocenters. The number of nitrogens with zero attached hydrogens (tertiary/aromatic N) is 1. The van der Waals surface area contributed by atoms with Crippen LogP contribution in [-0.4, -0.2) is 39.0 Å². The number of benzene rings is 1. The minimum Gasteiger partial charge on any atom is -0.493 e. The summed E-state index contributed by atoms with van der Waals surface area (Å²) in [5.41, 5.74) is 0. The zero-order valence-corrected chi connectivity index (χ0v) is 11.9. The predicted octanol–water partition coefficient (Wildman–Crippen LogP) is 2.07. The third-order valence-electron chi connectivity index (χ3n) is 2.31. The Morgan fingerprint density at radius 2 is 1.79 bits per heavy atom. The Morgan fingerprint density at radius 1 is 1.16 bits per heavy atom. The first-order valence-corrected chi connectivity index (χ1v) is 5.77. The van der Waals surface area contributed by atoms with Gasteiger partial charge in [-0.2, -0.15) is 0 Å². The Labute approximate surface area is 113 Å². The van der Waals surface area contributed by atoms with Crippen LogP contribution in [0.2, 0.25) is 0 Å². The summed E-state index contributed by atoms with van der Waals surface area (Å²) in [6.45, 7) is 1.45. The van der Waals surface area contributed by atoms with E-state index in [4.69, 9.17) is 14.2 Å². The monoisotopic (exact) mass is 265 g/mol. The van der Waals surface area contributed by atoms with Crippen molar-refractivity contribution in [2.75, 3.05) is 28.3 Å². The highest BCUT2D eigenvalue weighted by Gasteiger charge is 2.10. The molecule has 0 aromatic heterocycles. The molecule has 0 heterocycles. The van der Waals surface area contributed by atoms with Gasteiger partial charge in [0.25, 0.3) is 0 Å². The van der Waals surface area contributed by atoms with Crippen LogP contribution in [0.4, 0.5) is 0 Å². The van der Waals surface area contributed by atoms with E-state index >= 15 is 0 Å². The standard InChI is InChI=1S/C14H19NO4/c1-10(16)14(9-15(2)3)19-11-6-7-12(17-4)13(8-11)18-5/h6-9H,1-5H3/b14-9-. The zero-order chi connectivity index (χ0) is 14.4. The predicted molar refractivity (Wildman–Crippen MR) is 72.6 cm³/mol. The first-order valence-electron chi connectivity index (χ1n) is 5.77. The quantitative estimate of drug-likeness (QED) is 0.582. The van der Waals surface area contributed by atoms with Gasteiger partial charge in [-0.15, -0.1) is 0 Å². The molecule has 0 N–H and O–H groups in total. The number of carbonyl (C=O) groups is 1. The molecule has 1 rings (SSSR count). The lowest BCUT2D eigenvalue weighted by Gasteiger charge is -2.13. The molecule has 1 aromatic carbocycles. The van der Waals surface area contributed by atoms with E-state index in [9.17, 15) is 4.79 Å². The van der Waals surface area contributed by atoms with Gasteiger partial charge in [-0.1, -0.05) is 0 Å². The summed E-state index contributed by atoms with van der Waals surface area (Å²) >= 11 is 0. The van der Waals surface area contributed by atoms with Gasteiger partial charge < -0.3 is 19.1 Å². The molecule has 0 saturated carbocycles. The van der Waals surface area contributed by atoms with Gasteiger partial charge in [-0.3, -0.25) is 4.79 Å². The lowest BCUT2D eigenvalue weighted by Crippen LogP contribution is -2.11. The van der Waals surface area contributed by atoms with Crippen molar-refractivity contribution >= 4 is 5.78 Å². The smallest absolute Gasteiger partial charge is 0.196 e. The maximum atomic E-state index is 11.5. The second-order valence-electron chi connectivity index (χ2n) is 4.13. The Bertz CT molecular complexity index is 480. The van der Waals surface area contributed by atoms with Crippen molar-refractivity contribution in [3.05, 3.63) is 30.2 Å². The highest BCUT2D eigenvalue weighted by molar-refractivity contribution is 5.91. The van der Waals surface area contributed by atoms with E-state index in [0.29, 0.717) is 17.2 Å². The molecule has 19 heavy (non-hydrogen) atoms. The lowest BCUT2D eigenvalue weighted by molar-refractivity contribution is -0.115. The van der Waals surface area contributed by atoms with Gasteiger partial charge in [-0.05, 0) is 12.1 Å². The van der Waals surface area contributed by atoms with Crippen LogP contribution < -0.4 is 14.2 Å². The van der Waals surface area contributed by atoms with Crippen molar-refractivity contribution in [1.82, 2.24) is 4.90 Å². The van der Waals surface area contributed by atoms with Gasteiger partial charge in [0.05, 0.1) is 14.2 Å². The first-order chi connectivity index (χ1) is 8.97. The highest BCUT2D eigenvalue weighted by Crippen LogP contribution is 2.31. The van der Waals surface area contributed by atoms with Crippen molar-refractivity contribution in [2.24, 2.45) is 0 Å². The highest BCUT2D eigenvalue weighted by atomic mass is 16.5. The number of hydrogen-bond acceptors (Lipinski definition) is 5. The second-order valence-corrected chi connectivity index (χ2v) is 4.13. The number of ether oxygens (including phenoxy) is 3. The first kappa shape index (κ1) is 14.9. The van der Waals surface area contributed by atoms with Gasteiger partial charge in [0.15, 0.2) is 23.0 Å². The SMILES string of the molecule is COc1ccc(O/C(=C\N(C)C)C(C)=O)cc1OC. The summed E-state index contributed by atoms with van der Waals surface area (Å²) in [7, 11) is 6.75. The molecule has 0 aliphatic rings. The van der Waals surface area contributed by atoms with Gasteiger partial charge >= 0.3 is 0 Å². The number of ketones is 1. The number of allylic oxidation sites excluding steroid dienone is 1.